The summed E-state index contributed by atoms with van der Waals surface area (Å²) in [6.07, 6.45) is 6.96. The molecule has 4 nitrogen and oxygen atoms in total. The minimum absolute atomic E-state index is 0.154. The van der Waals surface area contributed by atoms with Crippen LogP contribution in [-0.2, 0) is 4.74 Å². The van der Waals surface area contributed by atoms with Crippen LogP contribution in [0.4, 0.5) is 4.79 Å². The van der Waals surface area contributed by atoms with Gasteiger partial charge in [0.15, 0.2) is 0 Å². The number of ether oxygens (including phenoxy) is 1. The van der Waals surface area contributed by atoms with Crippen molar-refractivity contribution in [3.63, 3.8) is 0 Å². The molecule has 1 saturated heterocycles. The topological polar surface area (TPSA) is 41.6 Å². The van der Waals surface area contributed by atoms with Crippen LogP contribution in [0.3, 0.4) is 0 Å². The minimum Gasteiger partial charge on any atom is -0.450 e. The van der Waals surface area contributed by atoms with Gasteiger partial charge in [0.1, 0.15) is 0 Å². The Morgan fingerprint density at radius 2 is 2.00 bits per heavy atom. The third-order valence-corrected chi connectivity index (χ3v) is 3.89. The lowest BCUT2D eigenvalue weighted by atomic mass is 10.0. The van der Waals surface area contributed by atoms with Gasteiger partial charge >= 0.3 is 6.09 Å². The van der Waals surface area contributed by atoms with E-state index in [0.717, 1.165) is 25.9 Å². The van der Waals surface area contributed by atoms with Crippen LogP contribution in [0.5, 0.6) is 0 Å². The lowest BCUT2D eigenvalue weighted by Crippen LogP contribution is -2.47. The lowest BCUT2D eigenvalue weighted by molar-refractivity contribution is 0.0940. The zero-order valence-corrected chi connectivity index (χ0v) is 12.8. The number of hydrogen-bond donors (Lipinski definition) is 1. The van der Waals surface area contributed by atoms with Crippen LogP contribution >= 0.6 is 0 Å². The molecule has 1 atom stereocenters. The molecule has 1 aliphatic rings. The lowest BCUT2D eigenvalue weighted by Gasteiger charge is -2.34. The number of likely N-dealkylation sites (tertiary alicyclic amines) is 1. The van der Waals surface area contributed by atoms with Crippen molar-refractivity contribution in [2.45, 2.75) is 71.4 Å². The Morgan fingerprint density at radius 3 is 2.53 bits per heavy atom. The number of rotatable bonds is 7. The maximum absolute atomic E-state index is 11.6. The van der Waals surface area contributed by atoms with Gasteiger partial charge in [0.25, 0.3) is 0 Å². The zero-order chi connectivity index (χ0) is 14.1. The maximum Gasteiger partial charge on any atom is 0.409 e. The van der Waals surface area contributed by atoms with Crippen molar-refractivity contribution in [1.82, 2.24) is 10.2 Å². The second-order valence-electron chi connectivity index (χ2n) is 5.37. The molecule has 4 heteroatoms. The summed E-state index contributed by atoms with van der Waals surface area (Å²) in [5.41, 5.74) is 0. The number of amides is 1. The van der Waals surface area contributed by atoms with Crippen LogP contribution < -0.4 is 5.32 Å². The highest BCUT2D eigenvalue weighted by Gasteiger charge is 2.24. The minimum atomic E-state index is -0.154. The standard InChI is InChI=1S/C15H30N2O2/c1-4-7-8-13(5-2)16-14-9-11-17(12-10-14)15(18)19-6-3/h13-14,16H,4-12H2,1-3H3. The summed E-state index contributed by atoms with van der Waals surface area (Å²) in [7, 11) is 0. The van der Waals surface area contributed by atoms with Gasteiger partial charge in [-0.3, -0.25) is 0 Å². The molecule has 0 radical (unpaired) electrons. The van der Waals surface area contributed by atoms with Crippen molar-refractivity contribution in [2.75, 3.05) is 19.7 Å². The van der Waals surface area contributed by atoms with Crippen molar-refractivity contribution in [2.24, 2.45) is 0 Å². The molecule has 0 bridgehead atoms. The van der Waals surface area contributed by atoms with E-state index in [0.29, 0.717) is 18.7 Å². The van der Waals surface area contributed by atoms with Crippen LogP contribution in [-0.4, -0.2) is 42.8 Å². The van der Waals surface area contributed by atoms with Crippen molar-refractivity contribution in [3.8, 4) is 0 Å². The van der Waals surface area contributed by atoms with E-state index in [4.69, 9.17) is 4.74 Å². The molecule has 1 unspecified atom stereocenters. The first-order chi connectivity index (χ1) is 9.21. The van der Waals surface area contributed by atoms with Crippen molar-refractivity contribution < 1.29 is 9.53 Å². The summed E-state index contributed by atoms with van der Waals surface area (Å²) >= 11 is 0. The highest BCUT2D eigenvalue weighted by molar-refractivity contribution is 5.67. The van der Waals surface area contributed by atoms with E-state index in [9.17, 15) is 4.79 Å². The fraction of sp³-hybridized carbons (Fsp3) is 0.933. The van der Waals surface area contributed by atoms with Crippen molar-refractivity contribution >= 4 is 6.09 Å². The smallest absolute Gasteiger partial charge is 0.409 e. The van der Waals surface area contributed by atoms with Crippen LogP contribution in [0.2, 0.25) is 0 Å². The number of hydrogen-bond acceptors (Lipinski definition) is 3. The SMILES string of the molecule is CCCCC(CC)NC1CCN(C(=O)OCC)CC1. The van der Waals surface area contributed by atoms with Gasteiger partial charge in [-0.05, 0) is 32.6 Å². The second-order valence-corrected chi connectivity index (χ2v) is 5.37. The molecule has 19 heavy (non-hydrogen) atoms. The number of piperidine rings is 1. The number of carbonyl (C=O) groups is 1. The quantitative estimate of drug-likeness (QED) is 0.772. The number of nitrogens with zero attached hydrogens (tertiary/aromatic N) is 1. The molecule has 1 fully saturated rings. The van der Waals surface area contributed by atoms with Crippen LogP contribution in [0, 0.1) is 0 Å². The molecule has 1 rings (SSSR count). The number of nitrogens with one attached hydrogen (secondary N) is 1. The fourth-order valence-electron chi connectivity index (χ4n) is 2.63. The molecule has 0 aromatic heterocycles. The van der Waals surface area contributed by atoms with Crippen molar-refractivity contribution in [1.29, 1.82) is 0 Å². The van der Waals surface area contributed by atoms with E-state index < -0.39 is 0 Å². The Morgan fingerprint density at radius 1 is 1.32 bits per heavy atom. The summed E-state index contributed by atoms with van der Waals surface area (Å²) < 4.78 is 5.04. The van der Waals surface area contributed by atoms with Crippen LogP contribution in [0.1, 0.15) is 59.3 Å². The van der Waals surface area contributed by atoms with Gasteiger partial charge in [-0.25, -0.2) is 4.79 Å². The van der Waals surface area contributed by atoms with Gasteiger partial charge in [-0.2, -0.15) is 0 Å². The molecule has 1 amide bonds. The van der Waals surface area contributed by atoms with Crippen LogP contribution in [0.15, 0.2) is 0 Å². The Balaban J connectivity index is 2.26. The molecule has 1 aliphatic heterocycles. The van der Waals surface area contributed by atoms with Gasteiger partial charge in [-0.15, -0.1) is 0 Å². The summed E-state index contributed by atoms with van der Waals surface area (Å²) in [4.78, 5) is 13.4. The summed E-state index contributed by atoms with van der Waals surface area (Å²) in [5, 5.41) is 3.75. The average molecular weight is 270 g/mol. The van der Waals surface area contributed by atoms with E-state index in [1.165, 1.54) is 25.7 Å². The van der Waals surface area contributed by atoms with E-state index in [-0.39, 0.29) is 6.09 Å². The Labute approximate surface area is 117 Å². The molecule has 0 spiro atoms. The highest BCUT2D eigenvalue weighted by atomic mass is 16.6. The van der Waals surface area contributed by atoms with E-state index >= 15 is 0 Å². The largest absolute Gasteiger partial charge is 0.450 e. The summed E-state index contributed by atoms with van der Waals surface area (Å²) in [6.45, 7) is 8.45. The first-order valence-electron chi connectivity index (χ1n) is 7.88. The Bertz CT molecular complexity index is 251. The molecule has 0 aromatic rings. The first kappa shape index (κ1) is 16.3. The second kappa shape index (κ2) is 9.18. The van der Waals surface area contributed by atoms with Gasteiger partial charge in [0.2, 0.25) is 0 Å². The fourth-order valence-corrected chi connectivity index (χ4v) is 2.63. The normalized spacial score (nSPS) is 18.4. The molecule has 0 aromatic carbocycles. The third-order valence-electron chi connectivity index (χ3n) is 3.89. The van der Waals surface area contributed by atoms with E-state index in [2.05, 4.69) is 19.2 Å². The first-order valence-corrected chi connectivity index (χ1v) is 7.88. The van der Waals surface area contributed by atoms with Crippen LogP contribution in [0.25, 0.3) is 0 Å². The molecule has 0 saturated carbocycles. The number of carbonyl (C=O) groups excluding carboxylic acids is 1. The number of unbranched alkanes of at least 4 members (excludes halogenated alkanes) is 1. The Hall–Kier alpha value is -0.770. The molecule has 1 N–H and O–H groups in total. The van der Waals surface area contributed by atoms with Gasteiger partial charge in [0.05, 0.1) is 6.61 Å². The average Bonchev–Trinajstić information content (AvgIpc) is 2.44. The zero-order valence-electron chi connectivity index (χ0n) is 12.8. The van der Waals surface area contributed by atoms with Gasteiger partial charge in [-0.1, -0.05) is 26.7 Å². The van der Waals surface area contributed by atoms with E-state index in [1.807, 2.05) is 11.8 Å². The molecular formula is C15H30N2O2. The van der Waals surface area contributed by atoms with Gasteiger partial charge in [0, 0.05) is 25.2 Å². The summed E-state index contributed by atoms with van der Waals surface area (Å²) in [6, 6.07) is 1.20. The summed E-state index contributed by atoms with van der Waals surface area (Å²) in [5.74, 6) is 0. The van der Waals surface area contributed by atoms with E-state index in [1.54, 1.807) is 0 Å². The monoisotopic (exact) mass is 270 g/mol. The predicted molar refractivity (Wildman–Crippen MR) is 78.4 cm³/mol. The predicted octanol–water partition coefficient (Wildman–Crippen LogP) is 3.17. The highest BCUT2D eigenvalue weighted by Crippen LogP contribution is 2.14. The molecule has 0 aliphatic carbocycles. The molecular weight excluding hydrogens is 240 g/mol. The van der Waals surface area contributed by atoms with Gasteiger partial charge < -0.3 is 15.0 Å². The Kier molecular flexibility index (Phi) is 7.87. The third kappa shape index (κ3) is 5.81. The molecule has 1 heterocycles. The van der Waals surface area contributed by atoms with Crippen molar-refractivity contribution in [3.05, 3.63) is 0 Å². The molecule has 112 valence electrons. The maximum atomic E-state index is 11.6.